The van der Waals surface area contributed by atoms with Crippen LogP contribution in [0.15, 0.2) is 23.1 Å². The lowest BCUT2D eigenvalue weighted by molar-refractivity contribution is 0.0173. The zero-order valence-electron chi connectivity index (χ0n) is 12.3. The van der Waals surface area contributed by atoms with Crippen LogP contribution in [0, 0.1) is 12.8 Å². The van der Waals surface area contributed by atoms with Crippen LogP contribution in [0.4, 0.5) is 0 Å². The highest BCUT2D eigenvalue weighted by atomic mass is 32.2. The molecule has 1 fully saturated rings. The second-order valence-corrected chi connectivity index (χ2v) is 7.34. The Labute approximate surface area is 125 Å². The van der Waals surface area contributed by atoms with Gasteiger partial charge in [-0.15, -0.1) is 0 Å². The first-order valence-electron chi connectivity index (χ1n) is 7.12. The summed E-state index contributed by atoms with van der Waals surface area (Å²) in [4.78, 5) is 12.1. The molecule has 5 nitrogen and oxygen atoms in total. The fourth-order valence-corrected chi connectivity index (χ4v) is 3.41. The Bertz CT molecular complexity index is 631. The number of ether oxygens (including phenoxy) is 1. The maximum Gasteiger partial charge on any atom is 0.338 e. The van der Waals surface area contributed by atoms with Gasteiger partial charge in [-0.2, -0.15) is 0 Å². The van der Waals surface area contributed by atoms with Crippen molar-refractivity contribution in [2.24, 2.45) is 11.1 Å². The van der Waals surface area contributed by atoms with Gasteiger partial charge >= 0.3 is 5.97 Å². The van der Waals surface area contributed by atoms with Crippen LogP contribution >= 0.6 is 0 Å². The van der Waals surface area contributed by atoms with E-state index in [4.69, 9.17) is 9.88 Å². The van der Waals surface area contributed by atoms with E-state index in [1.54, 1.807) is 19.1 Å². The topological polar surface area (TPSA) is 86.5 Å². The summed E-state index contributed by atoms with van der Waals surface area (Å²) in [5, 5.41) is 5.15. The number of benzene rings is 1. The van der Waals surface area contributed by atoms with Gasteiger partial charge in [-0.25, -0.2) is 18.4 Å². The number of carbonyl (C=O) groups excluding carboxylic acids is 1. The summed E-state index contributed by atoms with van der Waals surface area (Å²) < 4.78 is 28.4. The molecule has 0 radical (unpaired) electrons. The lowest BCUT2D eigenvalue weighted by Gasteiger charge is -2.26. The number of hydrogen-bond donors (Lipinski definition) is 1. The molecule has 21 heavy (non-hydrogen) atoms. The number of sulfonamides is 1. The van der Waals surface area contributed by atoms with Crippen LogP contribution in [0.5, 0.6) is 0 Å². The Morgan fingerprint density at radius 1 is 1.24 bits per heavy atom. The van der Waals surface area contributed by atoms with Crippen molar-refractivity contribution < 1.29 is 17.9 Å². The zero-order valence-corrected chi connectivity index (χ0v) is 13.2. The minimum absolute atomic E-state index is 0.0331. The summed E-state index contributed by atoms with van der Waals surface area (Å²) in [6.45, 7) is 3.83. The van der Waals surface area contributed by atoms with Crippen molar-refractivity contribution in [3.8, 4) is 0 Å². The van der Waals surface area contributed by atoms with Crippen LogP contribution in [0.3, 0.4) is 0 Å². The van der Waals surface area contributed by atoms with Gasteiger partial charge in [-0.05, 0) is 56.2 Å². The average Bonchev–Trinajstić information content (AvgIpc) is 2.40. The third kappa shape index (κ3) is 4.04. The number of aryl methyl sites for hydroxylation is 1. The molecule has 0 unspecified atom stereocenters. The Balaban J connectivity index is 2.13. The number of rotatable bonds is 3. The van der Waals surface area contributed by atoms with Crippen LogP contribution in [0.2, 0.25) is 0 Å². The van der Waals surface area contributed by atoms with Crippen LogP contribution in [-0.4, -0.2) is 20.5 Å². The molecular formula is C15H21NO4S. The number of esters is 1. The Kier molecular flexibility index (Phi) is 4.68. The number of hydrogen-bond acceptors (Lipinski definition) is 4. The molecule has 6 heteroatoms. The van der Waals surface area contributed by atoms with E-state index in [0.717, 1.165) is 25.7 Å². The Morgan fingerprint density at radius 3 is 2.43 bits per heavy atom. The molecule has 1 aliphatic rings. The summed E-state index contributed by atoms with van der Waals surface area (Å²) in [5.74, 6) is 0.188. The van der Waals surface area contributed by atoms with Crippen molar-refractivity contribution in [1.29, 1.82) is 0 Å². The van der Waals surface area contributed by atoms with Crippen molar-refractivity contribution in [1.82, 2.24) is 0 Å². The monoisotopic (exact) mass is 311 g/mol. The van der Waals surface area contributed by atoms with E-state index in [0.29, 0.717) is 11.5 Å². The quantitative estimate of drug-likeness (QED) is 0.868. The molecule has 0 heterocycles. The molecule has 0 atom stereocenters. The molecule has 1 aliphatic carbocycles. The van der Waals surface area contributed by atoms with Crippen molar-refractivity contribution >= 4 is 16.0 Å². The van der Waals surface area contributed by atoms with Crippen molar-refractivity contribution in [2.45, 2.75) is 50.5 Å². The van der Waals surface area contributed by atoms with E-state index in [9.17, 15) is 13.2 Å². The minimum atomic E-state index is -3.84. The molecule has 0 spiro atoms. The molecule has 0 bridgehead atoms. The maximum atomic E-state index is 12.1. The van der Waals surface area contributed by atoms with Crippen molar-refractivity contribution in [3.63, 3.8) is 0 Å². The molecule has 0 amide bonds. The maximum absolute atomic E-state index is 12.1. The molecule has 2 N–H and O–H groups in total. The van der Waals surface area contributed by atoms with Crippen molar-refractivity contribution in [3.05, 3.63) is 29.3 Å². The van der Waals surface area contributed by atoms with Gasteiger partial charge in [0.15, 0.2) is 0 Å². The lowest BCUT2D eigenvalue weighted by atomic mass is 9.89. The summed E-state index contributed by atoms with van der Waals surface area (Å²) in [7, 11) is -3.84. The second-order valence-electron chi connectivity index (χ2n) is 5.81. The van der Waals surface area contributed by atoms with Gasteiger partial charge in [0, 0.05) is 0 Å². The standard InChI is InChI=1S/C15H21NO4S/c1-10-3-7-13(8-4-10)20-15(17)12-6-5-11(2)14(9-12)21(16,18)19/h5-6,9-10,13H,3-4,7-8H2,1-2H3,(H2,16,18,19). The Hall–Kier alpha value is -1.40. The fraction of sp³-hybridized carbons (Fsp3) is 0.533. The molecule has 2 rings (SSSR count). The zero-order chi connectivity index (χ0) is 15.6. The van der Waals surface area contributed by atoms with Gasteiger partial charge in [0.2, 0.25) is 10.0 Å². The highest BCUT2D eigenvalue weighted by molar-refractivity contribution is 7.89. The minimum Gasteiger partial charge on any atom is -0.459 e. The molecule has 1 aromatic carbocycles. The predicted octanol–water partition coefficient (Wildman–Crippen LogP) is 2.38. The van der Waals surface area contributed by atoms with E-state index in [1.165, 1.54) is 6.07 Å². The number of carbonyl (C=O) groups is 1. The molecule has 1 aromatic rings. The summed E-state index contributed by atoms with van der Waals surface area (Å²) in [6, 6.07) is 4.43. The lowest BCUT2D eigenvalue weighted by Crippen LogP contribution is -2.24. The molecule has 0 aromatic heterocycles. The van der Waals surface area contributed by atoms with E-state index in [-0.39, 0.29) is 16.6 Å². The molecule has 0 aliphatic heterocycles. The fourth-order valence-electron chi connectivity index (χ4n) is 2.60. The van der Waals surface area contributed by atoms with Crippen LogP contribution in [-0.2, 0) is 14.8 Å². The normalized spacial score (nSPS) is 22.8. The Morgan fingerprint density at radius 2 is 1.86 bits per heavy atom. The molecule has 116 valence electrons. The van der Waals surface area contributed by atoms with Crippen LogP contribution < -0.4 is 5.14 Å². The smallest absolute Gasteiger partial charge is 0.338 e. The number of primary sulfonamides is 1. The summed E-state index contributed by atoms with van der Waals surface area (Å²) in [6.07, 6.45) is 3.75. The number of nitrogens with two attached hydrogens (primary N) is 1. The SMILES string of the molecule is Cc1ccc(C(=O)OC2CCC(C)CC2)cc1S(N)(=O)=O. The van der Waals surface area contributed by atoms with E-state index in [1.807, 2.05) is 0 Å². The van der Waals surface area contributed by atoms with Crippen LogP contribution in [0.1, 0.15) is 48.5 Å². The second kappa shape index (κ2) is 6.15. The highest BCUT2D eigenvalue weighted by Gasteiger charge is 2.23. The van der Waals surface area contributed by atoms with E-state index < -0.39 is 16.0 Å². The van der Waals surface area contributed by atoms with Gasteiger partial charge < -0.3 is 4.74 Å². The van der Waals surface area contributed by atoms with E-state index in [2.05, 4.69) is 6.92 Å². The first-order chi connectivity index (χ1) is 9.77. The van der Waals surface area contributed by atoms with Gasteiger partial charge in [0.05, 0.1) is 10.5 Å². The van der Waals surface area contributed by atoms with Gasteiger partial charge in [0.1, 0.15) is 6.10 Å². The molecular weight excluding hydrogens is 290 g/mol. The molecule has 0 saturated heterocycles. The summed E-state index contributed by atoms with van der Waals surface area (Å²) >= 11 is 0. The molecule has 1 saturated carbocycles. The van der Waals surface area contributed by atoms with Gasteiger partial charge in [-0.3, -0.25) is 0 Å². The highest BCUT2D eigenvalue weighted by Crippen LogP contribution is 2.26. The average molecular weight is 311 g/mol. The first kappa shape index (κ1) is 16.0. The first-order valence-corrected chi connectivity index (χ1v) is 8.66. The van der Waals surface area contributed by atoms with Crippen LogP contribution in [0.25, 0.3) is 0 Å². The van der Waals surface area contributed by atoms with E-state index >= 15 is 0 Å². The predicted molar refractivity (Wildman–Crippen MR) is 79.4 cm³/mol. The van der Waals surface area contributed by atoms with Crippen molar-refractivity contribution in [2.75, 3.05) is 0 Å². The van der Waals surface area contributed by atoms with Gasteiger partial charge in [0.25, 0.3) is 0 Å². The van der Waals surface area contributed by atoms with Gasteiger partial charge in [-0.1, -0.05) is 13.0 Å². The largest absolute Gasteiger partial charge is 0.459 e. The third-order valence-corrected chi connectivity index (χ3v) is 5.02. The third-order valence-electron chi connectivity index (χ3n) is 3.97. The summed E-state index contributed by atoms with van der Waals surface area (Å²) in [5.41, 5.74) is 0.740.